The second-order valence-electron chi connectivity index (χ2n) is 6.95. The van der Waals surface area contributed by atoms with Crippen LogP contribution in [0.4, 0.5) is 10.2 Å². The highest BCUT2D eigenvalue weighted by molar-refractivity contribution is 9.10. The van der Waals surface area contributed by atoms with Gasteiger partial charge >= 0.3 is 0 Å². The Morgan fingerprint density at radius 1 is 1.08 bits per heavy atom. The summed E-state index contributed by atoms with van der Waals surface area (Å²) in [5.74, 6) is 0.601. The van der Waals surface area contributed by atoms with Gasteiger partial charge in [0.05, 0.1) is 11.2 Å². The number of benzene rings is 1. The largest absolute Gasteiger partial charge is 0.350 e. The molecular weight excluding hydrogens is 397 g/mol. The fourth-order valence-electron chi connectivity index (χ4n) is 4.15. The van der Waals surface area contributed by atoms with Crippen molar-refractivity contribution < 1.29 is 4.39 Å². The number of hydrogen-bond donors (Lipinski definition) is 0. The first kappa shape index (κ1) is 16.1. The average Bonchev–Trinajstić information content (AvgIpc) is 3.23. The van der Waals surface area contributed by atoms with E-state index in [-0.39, 0.29) is 5.82 Å². The van der Waals surface area contributed by atoms with E-state index < -0.39 is 0 Å². The summed E-state index contributed by atoms with van der Waals surface area (Å²) in [5.41, 5.74) is 1.87. The van der Waals surface area contributed by atoms with Gasteiger partial charge in [0, 0.05) is 47.8 Å². The number of piperazine rings is 1. The maximum Gasteiger partial charge on any atom is 0.140 e. The lowest BCUT2D eigenvalue weighted by Crippen LogP contribution is -2.46. The number of nitrogens with zero attached hydrogens (tertiary/aromatic N) is 5. The molecule has 1 aromatic carbocycles. The predicted molar refractivity (Wildman–Crippen MR) is 101 cm³/mol. The summed E-state index contributed by atoms with van der Waals surface area (Å²) in [6.45, 7) is 2.74. The second-order valence-corrected chi connectivity index (χ2v) is 7.87. The minimum Gasteiger partial charge on any atom is -0.350 e. The van der Waals surface area contributed by atoms with Crippen molar-refractivity contribution in [3.8, 4) is 0 Å². The monoisotopic (exact) mass is 413 g/mol. The summed E-state index contributed by atoms with van der Waals surface area (Å²) in [5, 5.41) is 0.793. The van der Waals surface area contributed by atoms with Crippen molar-refractivity contribution in [2.24, 2.45) is 0 Å². The first-order chi connectivity index (χ1) is 12.7. The van der Waals surface area contributed by atoms with Crippen LogP contribution in [-0.4, -0.2) is 45.0 Å². The maximum absolute atomic E-state index is 13.7. The number of aromatic nitrogens is 3. The molecule has 0 saturated carbocycles. The fourth-order valence-corrected chi connectivity index (χ4v) is 4.39. The molecule has 2 aromatic heterocycles. The SMILES string of the molecule is Fc1ccc2ncnc(N3CC4CC3CN4Cc3ccc(Br)cn3)c2c1. The van der Waals surface area contributed by atoms with Gasteiger partial charge in [-0.2, -0.15) is 0 Å². The zero-order chi connectivity index (χ0) is 17.7. The fraction of sp³-hybridized carbons (Fsp3) is 0.316. The molecule has 2 atom stereocenters. The Hall–Kier alpha value is -2.12. The number of hydrogen-bond acceptors (Lipinski definition) is 5. The van der Waals surface area contributed by atoms with Crippen LogP contribution in [-0.2, 0) is 6.54 Å². The number of pyridine rings is 1. The standard InChI is InChI=1S/C19H17BrFN5/c20-12-1-3-14(22-7-12)8-25-9-16-6-15(25)10-26(16)19-17-5-13(21)2-4-18(17)23-11-24-19/h1-5,7,11,15-16H,6,8-10H2. The van der Waals surface area contributed by atoms with Crippen LogP contribution >= 0.6 is 15.9 Å². The van der Waals surface area contributed by atoms with Gasteiger partial charge in [-0.1, -0.05) is 0 Å². The molecule has 7 heteroatoms. The molecule has 0 N–H and O–H groups in total. The van der Waals surface area contributed by atoms with Gasteiger partial charge in [0.25, 0.3) is 0 Å². The quantitative estimate of drug-likeness (QED) is 0.658. The van der Waals surface area contributed by atoms with Crippen molar-refractivity contribution >= 4 is 32.7 Å². The zero-order valence-corrected chi connectivity index (χ0v) is 15.6. The number of halogens is 2. The molecule has 2 unspecified atom stereocenters. The molecule has 2 bridgehead atoms. The molecule has 0 spiro atoms. The van der Waals surface area contributed by atoms with E-state index in [9.17, 15) is 4.39 Å². The van der Waals surface area contributed by atoms with Gasteiger partial charge in [-0.05, 0) is 52.7 Å². The summed E-state index contributed by atoms with van der Waals surface area (Å²) in [6, 6.07) is 9.68. The molecule has 3 aromatic rings. The molecule has 5 nitrogen and oxygen atoms in total. The van der Waals surface area contributed by atoms with Gasteiger partial charge in [0.1, 0.15) is 18.0 Å². The Balaban J connectivity index is 1.38. The molecule has 2 fully saturated rings. The highest BCUT2D eigenvalue weighted by atomic mass is 79.9. The third-order valence-electron chi connectivity index (χ3n) is 5.36. The minimum atomic E-state index is -0.249. The highest BCUT2D eigenvalue weighted by Gasteiger charge is 2.44. The Bertz CT molecular complexity index is 964. The van der Waals surface area contributed by atoms with Gasteiger partial charge in [0.15, 0.2) is 0 Å². The van der Waals surface area contributed by atoms with Crippen molar-refractivity contribution in [1.29, 1.82) is 0 Å². The Morgan fingerprint density at radius 3 is 2.77 bits per heavy atom. The average molecular weight is 414 g/mol. The molecule has 4 heterocycles. The second kappa shape index (κ2) is 6.25. The minimum absolute atomic E-state index is 0.249. The zero-order valence-electron chi connectivity index (χ0n) is 14.0. The van der Waals surface area contributed by atoms with Crippen molar-refractivity contribution in [2.45, 2.75) is 25.0 Å². The lowest BCUT2D eigenvalue weighted by Gasteiger charge is -2.35. The van der Waals surface area contributed by atoms with Gasteiger partial charge in [-0.3, -0.25) is 9.88 Å². The Kier molecular flexibility index (Phi) is 3.86. The van der Waals surface area contributed by atoms with Crippen LogP contribution in [0, 0.1) is 5.82 Å². The van der Waals surface area contributed by atoms with Crippen LogP contribution in [0.15, 0.2) is 47.3 Å². The molecule has 0 radical (unpaired) electrons. The van der Waals surface area contributed by atoms with Crippen LogP contribution in [0.5, 0.6) is 0 Å². The molecular formula is C19H17BrFN5. The highest BCUT2D eigenvalue weighted by Crippen LogP contribution is 2.37. The molecule has 2 aliphatic rings. The van der Waals surface area contributed by atoms with E-state index in [1.54, 1.807) is 18.5 Å². The van der Waals surface area contributed by atoms with E-state index in [1.807, 2.05) is 12.3 Å². The van der Waals surface area contributed by atoms with E-state index in [0.717, 1.165) is 52.9 Å². The smallest absolute Gasteiger partial charge is 0.140 e. The first-order valence-corrected chi connectivity index (χ1v) is 9.48. The number of likely N-dealkylation sites (tertiary alicyclic amines) is 1. The summed E-state index contributed by atoms with van der Waals surface area (Å²) in [6.07, 6.45) is 4.53. The summed E-state index contributed by atoms with van der Waals surface area (Å²) in [4.78, 5) is 18.0. The summed E-state index contributed by atoms with van der Waals surface area (Å²) in [7, 11) is 0. The lowest BCUT2D eigenvalue weighted by atomic mass is 10.2. The molecule has 5 rings (SSSR count). The van der Waals surface area contributed by atoms with Crippen molar-refractivity contribution in [3.63, 3.8) is 0 Å². The topological polar surface area (TPSA) is 45.2 Å². The Morgan fingerprint density at radius 2 is 2.00 bits per heavy atom. The van der Waals surface area contributed by atoms with E-state index in [1.165, 1.54) is 6.07 Å². The van der Waals surface area contributed by atoms with Crippen LogP contribution in [0.2, 0.25) is 0 Å². The van der Waals surface area contributed by atoms with Crippen molar-refractivity contribution in [3.05, 3.63) is 58.8 Å². The van der Waals surface area contributed by atoms with Crippen LogP contribution < -0.4 is 4.90 Å². The molecule has 0 amide bonds. The van der Waals surface area contributed by atoms with E-state index in [2.05, 4.69) is 46.7 Å². The van der Waals surface area contributed by atoms with Gasteiger partial charge in [0.2, 0.25) is 0 Å². The lowest BCUT2D eigenvalue weighted by molar-refractivity contribution is 0.227. The van der Waals surface area contributed by atoms with Crippen LogP contribution in [0.3, 0.4) is 0 Å². The molecule has 132 valence electrons. The van der Waals surface area contributed by atoms with E-state index >= 15 is 0 Å². The van der Waals surface area contributed by atoms with Crippen LogP contribution in [0.25, 0.3) is 10.9 Å². The first-order valence-electron chi connectivity index (χ1n) is 8.69. The number of fused-ring (bicyclic) bond motifs is 3. The molecule has 0 aliphatic carbocycles. The van der Waals surface area contributed by atoms with Gasteiger partial charge in [-0.25, -0.2) is 14.4 Å². The van der Waals surface area contributed by atoms with Crippen LogP contribution in [0.1, 0.15) is 12.1 Å². The molecule has 2 saturated heterocycles. The molecule has 26 heavy (non-hydrogen) atoms. The number of anilines is 1. The van der Waals surface area contributed by atoms with Crippen molar-refractivity contribution in [1.82, 2.24) is 19.9 Å². The third-order valence-corrected chi connectivity index (χ3v) is 5.83. The maximum atomic E-state index is 13.7. The number of rotatable bonds is 3. The van der Waals surface area contributed by atoms with Crippen molar-refractivity contribution in [2.75, 3.05) is 18.0 Å². The normalized spacial score (nSPS) is 22.5. The predicted octanol–water partition coefficient (Wildman–Crippen LogP) is 3.39. The van der Waals surface area contributed by atoms with E-state index in [4.69, 9.17) is 0 Å². The summed E-state index contributed by atoms with van der Waals surface area (Å²) >= 11 is 3.43. The molecule has 2 aliphatic heterocycles. The van der Waals surface area contributed by atoms with Gasteiger partial charge in [-0.15, -0.1) is 0 Å². The Labute approximate surface area is 159 Å². The van der Waals surface area contributed by atoms with Gasteiger partial charge < -0.3 is 4.90 Å². The summed E-state index contributed by atoms with van der Waals surface area (Å²) < 4.78 is 14.7. The third kappa shape index (κ3) is 2.75. The van der Waals surface area contributed by atoms with E-state index in [0.29, 0.717) is 12.1 Å².